The van der Waals surface area contributed by atoms with E-state index in [1.807, 2.05) is 36.4 Å². The Balaban J connectivity index is 1.92. The summed E-state index contributed by atoms with van der Waals surface area (Å²) < 4.78 is 13.2. The largest absolute Gasteiger partial charge is 0.381 e. The number of ether oxygens (including phenoxy) is 2. The molecule has 1 saturated carbocycles. The highest BCUT2D eigenvalue weighted by Gasteiger charge is 2.49. The molecule has 0 heterocycles. The van der Waals surface area contributed by atoms with Crippen molar-refractivity contribution in [2.45, 2.75) is 73.3 Å². The zero-order valence-corrected chi connectivity index (χ0v) is 31.4. The first-order chi connectivity index (χ1) is 21.5. The molecule has 0 amide bonds. The molecule has 2 nitrogen and oxygen atoms in total. The van der Waals surface area contributed by atoms with Gasteiger partial charge in [0.25, 0.3) is 0 Å². The van der Waals surface area contributed by atoms with E-state index in [0.717, 1.165) is 40.7 Å². The van der Waals surface area contributed by atoms with Crippen molar-refractivity contribution in [2.24, 2.45) is 35.0 Å². The Hall–Kier alpha value is -1.33. The fourth-order valence-electron chi connectivity index (χ4n) is 7.87. The minimum atomic E-state index is -2.62. The maximum Gasteiger partial charge on any atom is 0.148 e. The van der Waals surface area contributed by atoms with Crippen LogP contribution in [-0.2, 0) is 9.47 Å². The molecule has 0 spiro atoms. The number of hydrogen-bond acceptors (Lipinski definition) is 2. The van der Waals surface area contributed by atoms with Crippen LogP contribution in [0.3, 0.4) is 0 Å². The van der Waals surface area contributed by atoms with Crippen molar-refractivity contribution < 1.29 is 9.47 Å². The van der Waals surface area contributed by atoms with E-state index in [9.17, 15) is 0 Å². The second-order valence-corrected chi connectivity index (χ2v) is 19.6. The third-order valence-corrected chi connectivity index (χ3v) is 16.0. The lowest BCUT2D eigenvalue weighted by atomic mass is 9.58. The van der Waals surface area contributed by atoms with E-state index in [2.05, 4.69) is 77.9 Å². The molecule has 4 atom stereocenters. The van der Waals surface area contributed by atoms with E-state index in [1.54, 1.807) is 0 Å². The Kier molecular flexibility index (Phi) is 13.5. The molecule has 4 unspecified atom stereocenters. The smallest absolute Gasteiger partial charge is 0.148 e. The van der Waals surface area contributed by atoms with Gasteiger partial charge < -0.3 is 9.47 Å². The Morgan fingerprint density at radius 2 is 1.20 bits per heavy atom. The van der Waals surface area contributed by atoms with E-state index in [-0.39, 0.29) is 5.41 Å². The monoisotopic (exact) mass is 686 g/mol. The van der Waals surface area contributed by atoms with Gasteiger partial charge in [-0.3, -0.25) is 0 Å². The Bertz CT molecular complexity index is 1200. The van der Waals surface area contributed by atoms with Gasteiger partial charge in [0.15, 0.2) is 0 Å². The maximum atomic E-state index is 6.69. The average Bonchev–Trinajstić information content (AvgIpc) is 3.01. The first kappa shape index (κ1) is 36.5. The van der Waals surface area contributed by atoms with Crippen LogP contribution in [0.2, 0.25) is 21.1 Å². The second kappa shape index (κ2) is 16.7. The van der Waals surface area contributed by atoms with Crippen LogP contribution in [0.1, 0.15) is 67.2 Å². The summed E-state index contributed by atoms with van der Waals surface area (Å²) in [4.78, 5) is 0. The van der Waals surface area contributed by atoms with Crippen LogP contribution in [0, 0.1) is 35.0 Å². The fraction of sp³-hybridized carbons (Fsp3) is 0.538. The molecular formula is C39H53Cl3O2Si. The molecular weight excluding hydrogens is 635 g/mol. The quantitative estimate of drug-likeness (QED) is 0.117. The molecule has 6 heteroatoms. The predicted molar refractivity (Wildman–Crippen MR) is 198 cm³/mol. The number of rotatable bonds is 15. The molecule has 45 heavy (non-hydrogen) atoms. The average molecular weight is 688 g/mol. The molecule has 0 radical (unpaired) electrons. The highest BCUT2D eigenvalue weighted by atomic mass is 35.5. The van der Waals surface area contributed by atoms with Gasteiger partial charge in [0.2, 0.25) is 0 Å². The van der Waals surface area contributed by atoms with Crippen LogP contribution in [0.4, 0.5) is 0 Å². The molecule has 0 bridgehead atoms. The van der Waals surface area contributed by atoms with E-state index >= 15 is 0 Å². The molecule has 0 saturated heterocycles. The lowest BCUT2D eigenvalue weighted by Gasteiger charge is -2.50. The Morgan fingerprint density at radius 1 is 0.733 bits per heavy atom. The lowest BCUT2D eigenvalue weighted by Crippen LogP contribution is -2.67. The van der Waals surface area contributed by atoms with Gasteiger partial charge in [-0.15, -0.1) is 0 Å². The van der Waals surface area contributed by atoms with Crippen LogP contribution >= 0.6 is 34.8 Å². The molecule has 246 valence electrons. The highest BCUT2D eigenvalue weighted by Crippen LogP contribution is 2.50. The molecule has 4 rings (SSSR count). The third kappa shape index (κ3) is 8.98. The zero-order valence-electron chi connectivity index (χ0n) is 28.1. The van der Waals surface area contributed by atoms with Gasteiger partial charge in [0, 0.05) is 33.7 Å². The molecule has 0 aliphatic heterocycles. The predicted octanol–water partition coefficient (Wildman–Crippen LogP) is 9.91. The summed E-state index contributed by atoms with van der Waals surface area (Å²) in [5.41, 5.74) is -0.113. The van der Waals surface area contributed by atoms with Gasteiger partial charge in [0.05, 0.1) is 13.2 Å². The van der Waals surface area contributed by atoms with E-state index in [0.29, 0.717) is 42.8 Å². The summed E-state index contributed by atoms with van der Waals surface area (Å²) in [6.07, 6.45) is 4.80. The van der Waals surface area contributed by atoms with Crippen LogP contribution in [0.5, 0.6) is 0 Å². The number of benzene rings is 3. The molecule has 1 fully saturated rings. The van der Waals surface area contributed by atoms with Crippen LogP contribution in [0.25, 0.3) is 0 Å². The van der Waals surface area contributed by atoms with Crippen LogP contribution < -0.4 is 15.6 Å². The lowest BCUT2D eigenvalue weighted by molar-refractivity contribution is -0.0960. The standard InChI is InChI=1S/C39H53Cl3O2Si/c1-7-43-26-39(27-44-25-28(2)3,38-24-30(6)8-21-37(38)29(4)5)22-23-45(34-15-9-31(40)10-16-34,35-17-11-32(41)12-18-35)36-19-13-33(42)14-20-36/h9-20,28-30,37-38H,7-8,21-27H2,1-6H3. The van der Waals surface area contributed by atoms with Gasteiger partial charge in [0.1, 0.15) is 8.07 Å². The second-order valence-electron chi connectivity index (χ2n) is 14.3. The van der Waals surface area contributed by atoms with Crippen molar-refractivity contribution in [2.75, 3.05) is 26.4 Å². The van der Waals surface area contributed by atoms with Crippen molar-refractivity contribution in [3.8, 4) is 0 Å². The van der Waals surface area contributed by atoms with Gasteiger partial charge >= 0.3 is 0 Å². The summed E-state index contributed by atoms with van der Waals surface area (Å²) in [5.74, 6) is 2.95. The Labute approximate surface area is 289 Å². The van der Waals surface area contributed by atoms with Gasteiger partial charge in [-0.25, -0.2) is 0 Å². The summed E-state index contributed by atoms with van der Waals surface area (Å²) in [6, 6.07) is 26.7. The molecule has 0 aromatic heterocycles. The fourth-order valence-corrected chi connectivity index (χ4v) is 13.2. The maximum absolute atomic E-state index is 6.69. The van der Waals surface area contributed by atoms with Crippen molar-refractivity contribution in [1.29, 1.82) is 0 Å². The normalized spacial score (nSPS) is 20.5. The van der Waals surface area contributed by atoms with Gasteiger partial charge in [-0.05, 0) is 114 Å². The minimum Gasteiger partial charge on any atom is -0.381 e. The summed E-state index contributed by atoms with van der Waals surface area (Å²) in [5, 5.41) is 6.25. The minimum absolute atomic E-state index is 0.113. The first-order valence-electron chi connectivity index (χ1n) is 16.9. The summed E-state index contributed by atoms with van der Waals surface area (Å²) >= 11 is 19.5. The third-order valence-electron chi connectivity index (χ3n) is 10.3. The van der Waals surface area contributed by atoms with E-state index in [4.69, 9.17) is 44.3 Å². The SMILES string of the molecule is CCOCC(CC[Si](c1ccc(Cl)cc1)(c1ccc(Cl)cc1)c1ccc(Cl)cc1)(COCC(C)C)C1CC(C)CCC1C(C)C. The molecule has 0 N–H and O–H groups in total. The summed E-state index contributed by atoms with van der Waals surface area (Å²) in [7, 11) is -2.62. The van der Waals surface area contributed by atoms with Crippen molar-refractivity contribution in [3.63, 3.8) is 0 Å². The molecule has 3 aromatic carbocycles. The van der Waals surface area contributed by atoms with Crippen molar-refractivity contribution in [1.82, 2.24) is 0 Å². The number of halogens is 3. The van der Waals surface area contributed by atoms with Crippen LogP contribution in [0.15, 0.2) is 72.8 Å². The first-order valence-corrected chi connectivity index (χ1v) is 20.3. The number of hydrogen-bond donors (Lipinski definition) is 0. The molecule has 1 aliphatic carbocycles. The molecule has 1 aliphatic rings. The Morgan fingerprint density at radius 3 is 1.62 bits per heavy atom. The van der Waals surface area contributed by atoms with Gasteiger partial charge in [-0.2, -0.15) is 0 Å². The van der Waals surface area contributed by atoms with E-state index in [1.165, 1.54) is 34.8 Å². The summed E-state index contributed by atoms with van der Waals surface area (Å²) in [6.45, 7) is 16.8. The van der Waals surface area contributed by atoms with E-state index < -0.39 is 8.07 Å². The van der Waals surface area contributed by atoms with Gasteiger partial charge in [-0.1, -0.05) is 112 Å². The zero-order chi connectivity index (χ0) is 32.6. The highest BCUT2D eigenvalue weighted by molar-refractivity contribution is 7.11. The van der Waals surface area contributed by atoms with Crippen molar-refractivity contribution in [3.05, 3.63) is 87.9 Å². The molecule has 3 aromatic rings. The topological polar surface area (TPSA) is 18.5 Å². The van der Waals surface area contributed by atoms with Crippen molar-refractivity contribution >= 4 is 58.4 Å². The van der Waals surface area contributed by atoms with Crippen LogP contribution in [-0.4, -0.2) is 34.5 Å².